The Labute approximate surface area is 760 Å². The van der Waals surface area contributed by atoms with Gasteiger partial charge in [0.1, 0.15) is 84.3 Å². The maximum atomic E-state index is 15.2. The Morgan fingerprint density at radius 1 is 0.504 bits per heavy atom. The number of thiol groups is 1. The van der Waals surface area contributed by atoms with Gasteiger partial charge in [0.15, 0.2) is 11.9 Å². The number of benzene rings is 2. The van der Waals surface area contributed by atoms with Gasteiger partial charge in [0, 0.05) is 106 Å². The summed E-state index contributed by atoms with van der Waals surface area (Å²) in [5.41, 5.74) is 23.9. The number of guanidine groups is 2. The van der Waals surface area contributed by atoms with Crippen LogP contribution in [0.1, 0.15) is 140 Å². The second-order valence-electron chi connectivity index (χ2n) is 33.6. The zero-order chi connectivity index (χ0) is 95.3. The largest absolute Gasteiger partial charge is 0.508 e. The second kappa shape index (κ2) is 49.0. The quantitative estimate of drug-likeness (QED) is 0.00847. The number of carboxylic acids is 1. The maximum Gasteiger partial charge on any atom is 0.303 e. The molecule has 7 heterocycles. The van der Waals surface area contributed by atoms with Crippen LogP contribution in [-0.4, -0.2) is 323 Å². The lowest BCUT2D eigenvalue weighted by Crippen LogP contribution is -2.61. The number of nitrogens with one attached hydrogen (secondary N) is 16. The van der Waals surface area contributed by atoms with Gasteiger partial charge in [-0.1, -0.05) is 44.2 Å². The molecule has 9 rings (SSSR count). The van der Waals surface area contributed by atoms with E-state index in [9.17, 15) is 87.2 Å². The van der Waals surface area contributed by atoms with Crippen molar-refractivity contribution in [2.24, 2.45) is 28.9 Å². The minimum atomic E-state index is -1.93. The van der Waals surface area contributed by atoms with Crippen LogP contribution in [-0.2, 0) is 101 Å². The van der Waals surface area contributed by atoms with E-state index in [-0.39, 0.29) is 133 Å². The number of rotatable bonds is 47. The van der Waals surface area contributed by atoms with E-state index in [1.807, 2.05) is 0 Å². The van der Waals surface area contributed by atoms with Gasteiger partial charge in [-0.2, -0.15) is 12.6 Å². The Morgan fingerprint density at radius 3 is 1.50 bits per heavy atom. The van der Waals surface area contributed by atoms with Gasteiger partial charge in [0.25, 0.3) is 0 Å². The van der Waals surface area contributed by atoms with Gasteiger partial charge in [-0.25, -0.2) is 4.98 Å². The van der Waals surface area contributed by atoms with Crippen LogP contribution in [0.5, 0.6) is 5.75 Å². The van der Waals surface area contributed by atoms with Crippen molar-refractivity contribution >= 4 is 136 Å². The SMILES string of the molecule is CC(C)C[C@H](NC(=O)CNC(=O)[C@H](Cc1ccc(O)cc1)NC(=O)[C@H](CO)NC(=O)[C@H](Cc1c[nH]c2ccccc12)NC(=O)[C@H](Cc1cnc[nH]1)NC(=O)[C@H](CCC(=O)O)NC(=O)[C@H](CCCNC(=N)N)NC(=O)[C@@H]1CCCN1C(=O)[C@@H]1CCCN1C(=O)[C@@H]1CCCN1C(=O)[C@@H]1CCCN1C(=O)[C@@H](N)CS)C(=O)N[C@@H](CCCNC(=N)N)C(=O)N1CCC[C@H]1C(=O)NCC(N)=O. The van der Waals surface area contributed by atoms with Crippen LogP contribution >= 0.6 is 12.6 Å². The molecule has 0 bridgehead atoms. The van der Waals surface area contributed by atoms with E-state index in [2.05, 4.69) is 91.4 Å². The lowest BCUT2D eigenvalue weighted by atomic mass is 10.0. The van der Waals surface area contributed by atoms with Crippen LogP contribution in [0.25, 0.3) is 10.9 Å². The van der Waals surface area contributed by atoms with Gasteiger partial charge in [-0.05, 0) is 138 Å². The average molecular weight is 1850 g/mol. The van der Waals surface area contributed by atoms with Crippen molar-refractivity contribution in [3.8, 4) is 5.75 Å². The summed E-state index contributed by atoms with van der Waals surface area (Å²) in [6.07, 6.45) is 5.05. The molecule has 2 aromatic carbocycles. The molecule has 4 aromatic rings. The van der Waals surface area contributed by atoms with Crippen molar-refractivity contribution < 1.29 is 96.8 Å². The van der Waals surface area contributed by atoms with Gasteiger partial charge < -0.3 is 137 Å². The van der Waals surface area contributed by atoms with E-state index in [1.165, 1.54) is 61.3 Å². The highest BCUT2D eigenvalue weighted by Crippen LogP contribution is 2.32. The number of H-pyrrole nitrogens is 2. The number of aliphatic hydroxyl groups is 1. The number of hydrogen-bond donors (Lipinski definition) is 24. The number of primary amides is 1. The molecule has 0 spiro atoms. The number of phenolic OH excluding ortho intramolecular Hbond substituents is 1. The first-order chi connectivity index (χ1) is 62.5. The fraction of sp³-hybridized carbons (Fsp3) is 0.571. The van der Waals surface area contributed by atoms with Gasteiger partial charge in [-0.3, -0.25) is 92.3 Å². The monoisotopic (exact) mass is 1850 g/mol. The van der Waals surface area contributed by atoms with Gasteiger partial charge in [-0.15, -0.1) is 0 Å². The summed E-state index contributed by atoms with van der Waals surface area (Å²) >= 11 is 4.17. The van der Waals surface area contributed by atoms with Crippen molar-refractivity contribution in [2.45, 2.75) is 227 Å². The van der Waals surface area contributed by atoms with E-state index >= 15 is 9.59 Å². The number of phenols is 1. The smallest absolute Gasteiger partial charge is 0.303 e. The third-order valence-corrected chi connectivity index (χ3v) is 23.9. The topological polar surface area (TPSA) is 708 Å². The molecule has 0 aliphatic carbocycles. The van der Waals surface area contributed by atoms with Crippen molar-refractivity contribution in [1.29, 1.82) is 10.8 Å². The number of carbonyl (C=O) groups excluding carboxylic acids is 16. The minimum absolute atomic E-state index is 0.00156. The highest BCUT2D eigenvalue weighted by Gasteiger charge is 2.49. The predicted octanol–water partition coefficient (Wildman–Crippen LogP) is -6.14. The number of carbonyl (C=O) groups is 17. The van der Waals surface area contributed by atoms with Gasteiger partial charge in [0.05, 0.1) is 32.1 Å². The third-order valence-electron chi connectivity index (χ3n) is 23.5. The summed E-state index contributed by atoms with van der Waals surface area (Å²) < 4.78 is 0. The number of carboxylic acid groups (broad SMARTS) is 1. The number of imidazole rings is 1. The van der Waals surface area contributed by atoms with Crippen LogP contribution in [0, 0.1) is 16.7 Å². The van der Waals surface area contributed by atoms with Crippen LogP contribution in [0.4, 0.5) is 0 Å². The molecule has 47 heteroatoms. The summed E-state index contributed by atoms with van der Waals surface area (Å²) in [5, 5.41) is 78.0. The Bertz CT molecular complexity index is 4770. The maximum absolute atomic E-state index is 15.2. The molecule has 5 fully saturated rings. The molecule has 14 atom stereocenters. The molecule has 714 valence electrons. The van der Waals surface area contributed by atoms with Crippen LogP contribution in [0.2, 0.25) is 0 Å². The average Bonchev–Trinajstić information content (AvgIpc) is 1.63. The van der Waals surface area contributed by atoms with Crippen molar-refractivity contribution in [3.05, 3.63) is 84.1 Å². The number of likely N-dealkylation sites (tertiary alicyclic amines) is 5. The summed E-state index contributed by atoms with van der Waals surface area (Å²) in [4.78, 5) is 257. The fourth-order valence-electron chi connectivity index (χ4n) is 16.9. The summed E-state index contributed by atoms with van der Waals surface area (Å²) in [5.74, 6) is -15.6. The van der Waals surface area contributed by atoms with Crippen LogP contribution in [0.15, 0.2) is 67.3 Å². The molecule has 5 saturated heterocycles. The van der Waals surface area contributed by atoms with Gasteiger partial charge >= 0.3 is 5.97 Å². The fourth-order valence-corrected chi connectivity index (χ4v) is 17.1. The number of nitrogens with zero attached hydrogens (tertiary/aromatic N) is 6. The molecule has 5 aliphatic rings. The zero-order valence-electron chi connectivity index (χ0n) is 73.2. The number of nitrogens with two attached hydrogens (primary N) is 4. The number of hydrogen-bond acceptors (Lipinski definition) is 24. The Balaban J connectivity index is 0.895. The number of aliphatic carboxylic acids is 1. The van der Waals surface area contributed by atoms with Crippen molar-refractivity contribution in [2.75, 3.05) is 71.3 Å². The molecule has 16 amide bonds. The third kappa shape index (κ3) is 28.9. The molecule has 46 nitrogen and oxygen atoms in total. The normalized spacial score (nSPS) is 19.1. The second-order valence-corrected chi connectivity index (χ2v) is 34.0. The van der Waals surface area contributed by atoms with E-state index in [0.29, 0.717) is 73.5 Å². The standard InChI is InChI=1S/C84H122N26O20S/c1-45(2)34-56(72(120)101-55(15-6-28-93-84(89)90)79(127)106-29-7-16-61(106)76(124)95-40-66(86)113)98-67(114)41-96-69(117)57(35-46-21-23-49(112)24-22-46)102-75(123)60(42-111)105-73(121)58(36-47-38-94-52-13-4-3-12-50(47)52)103-74(122)59(37-48-39-91-44-97-48)104-71(119)54(25-26-68(115)116)99-70(118)53(14-5-27-92-83(87)88)100-77(125)62-17-8-30-107(62)80(128)64-19-10-32-109(64)82(130)65-20-11-33-110(65)81(129)63-18-9-31-108(63)78(126)51(85)43-131/h3-4,12-13,21-24,38-39,44-45,51,53-65,94,111-112,131H,5-11,14-20,25-37,40-43,85H2,1-2H3,(H2,86,113)(H,91,97)(H,95,124)(H,96,117)(H,98,114)(H,99,118)(H,100,125)(H,101,120)(H,102,123)(H,103,122)(H,104,119)(H,105,121)(H,115,116)(H4,87,88,92)(H4,89,90,93)/t51-,53-,54-,55-,56-,57-,58-,59-,60-,61-,62-,63-,64-,65-/m0/s1. The first-order valence-electron chi connectivity index (χ1n) is 44.0. The van der Waals surface area contributed by atoms with Crippen LogP contribution in [0.3, 0.4) is 0 Å². The molecular formula is C84H122N26O20S. The van der Waals surface area contributed by atoms with E-state index in [0.717, 1.165) is 0 Å². The Hall–Kier alpha value is -13.2. The molecule has 0 saturated carbocycles. The van der Waals surface area contributed by atoms with Crippen molar-refractivity contribution in [1.82, 2.24) is 103 Å². The molecular weight excluding hydrogens is 1730 g/mol. The van der Waals surface area contributed by atoms with Crippen LogP contribution < -0.4 is 86.7 Å². The summed E-state index contributed by atoms with van der Waals surface area (Å²) in [7, 11) is 0. The molecule has 5 aliphatic heterocycles. The Kier molecular flexibility index (Phi) is 38.0. The summed E-state index contributed by atoms with van der Waals surface area (Å²) in [6, 6.07) is -6.62. The minimum Gasteiger partial charge on any atom is -0.508 e. The first-order valence-corrected chi connectivity index (χ1v) is 44.6. The number of aliphatic hydroxyl groups excluding tert-OH is 1. The lowest BCUT2D eigenvalue weighted by Gasteiger charge is -2.36. The molecule has 0 unspecified atom stereocenters. The molecule has 27 N–H and O–H groups in total. The van der Waals surface area contributed by atoms with E-state index < -0.39 is 230 Å². The number of amides is 16. The number of aromatic hydroxyl groups is 1. The molecule has 0 radical (unpaired) electrons. The predicted molar refractivity (Wildman–Crippen MR) is 474 cm³/mol. The summed E-state index contributed by atoms with van der Waals surface area (Å²) in [6.45, 7) is 2.07. The van der Waals surface area contributed by atoms with E-state index in [4.69, 9.17) is 33.8 Å². The highest BCUT2D eigenvalue weighted by atomic mass is 32.1. The highest BCUT2D eigenvalue weighted by molar-refractivity contribution is 7.80. The van der Waals surface area contributed by atoms with Gasteiger partial charge in [0.2, 0.25) is 94.5 Å². The first kappa shape index (κ1) is 102. The number of aromatic nitrogens is 3. The Morgan fingerprint density at radius 2 is 0.969 bits per heavy atom. The number of aromatic amines is 2. The zero-order valence-corrected chi connectivity index (χ0v) is 74.0. The van der Waals surface area contributed by atoms with E-state index in [1.54, 1.807) is 44.3 Å². The molecule has 2 aromatic heterocycles. The van der Waals surface area contributed by atoms with Crippen molar-refractivity contribution in [3.63, 3.8) is 0 Å². The molecule has 131 heavy (non-hydrogen) atoms. The number of para-hydroxylation sites is 1. The lowest BCUT2D eigenvalue weighted by molar-refractivity contribution is -0.152. The number of fused-ring (bicyclic) bond motifs is 1.